The number of ether oxygens (including phenoxy) is 1. The van der Waals surface area contributed by atoms with E-state index in [1.807, 2.05) is 0 Å². The molecule has 0 N–H and O–H groups in total. The fourth-order valence-corrected chi connectivity index (χ4v) is 1.20. The molecule has 0 atom stereocenters. The normalized spacial score (nSPS) is 9.42. The molecule has 1 rings (SSSR count). The van der Waals surface area contributed by atoms with Gasteiger partial charge in [0.15, 0.2) is 5.78 Å². The largest absolute Gasteiger partial charge is 0.469 e. The number of hydrogen-bond acceptors (Lipinski definition) is 5. The summed E-state index contributed by atoms with van der Waals surface area (Å²) in [5.74, 6) is -0.837. The lowest BCUT2D eigenvalue weighted by Crippen LogP contribution is -2.09. The van der Waals surface area contributed by atoms with Crippen molar-refractivity contribution < 1.29 is 14.3 Å². The van der Waals surface area contributed by atoms with E-state index in [1.54, 1.807) is 10.9 Å². The van der Waals surface area contributed by atoms with Crippen molar-refractivity contribution in [2.75, 3.05) is 7.11 Å². The number of nitrogens with zero attached hydrogens (tertiary/aromatic N) is 1. The standard InChI is InChI=1S/C7H7NO3S/c1-11-7(10)2-6(9)5-3-12-4-8-5/h3-4H,2H2,1H3. The Bertz CT molecular complexity index is 281. The molecule has 0 saturated carbocycles. The van der Waals surface area contributed by atoms with Crippen LogP contribution in [0.25, 0.3) is 0 Å². The van der Waals surface area contributed by atoms with E-state index in [9.17, 15) is 9.59 Å². The Morgan fingerprint density at radius 3 is 2.92 bits per heavy atom. The van der Waals surface area contributed by atoms with Gasteiger partial charge in [0, 0.05) is 5.38 Å². The highest BCUT2D eigenvalue weighted by Gasteiger charge is 2.12. The lowest BCUT2D eigenvalue weighted by atomic mass is 10.2. The smallest absolute Gasteiger partial charge is 0.313 e. The first kappa shape index (κ1) is 8.86. The van der Waals surface area contributed by atoms with E-state index in [2.05, 4.69) is 9.72 Å². The van der Waals surface area contributed by atoms with Gasteiger partial charge in [-0.25, -0.2) is 4.98 Å². The summed E-state index contributed by atoms with van der Waals surface area (Å²) >= 11 is 1.32. The average Bonchev–Trinajstić information content (AvgIpc) is 2.56. The quantitative estimate of drug-likeness (QED) is 0.398. The fourth-order valence-electron chi connectivity index (χ4n) is 0.644. The van der Waals surface area contributed by atoms with E-state index >= 15 is 0 Å². The topological polar surface area (TPSA) is 56.3 Å². The van der Waals surface area contributed by atoms with Gasteiger partial charge in [-0.05, 0) is 0 Å². The predicted octanol–water partition coefficient (Wildman–Crippen LogP) is 0.889. The predicted molar refractivity (Wildman–Crippen MR) is 43.1 cm³/mol. The van der Waals surface area contributed by atoms with E-state index < -0.39 is 5.97 Å². The molecule has 0 saturated heterocycles. The van der Waals surface area contributed by atoms with Crippen LogP contribution < -0.4 is 0 Å². The van der Waals surface area contributed by atoms with Gasteiger partial charge in [-0.1, -0.05) is 0 Å². The first-order valence-corrected chi connectivity index (χ1v) is 4.16. The van der Waals surface area contributed by atoms with E-state index in [0.29, 0.717) is 5.69 Å². The van der Waals surface area contributed by atoms with Crippen molar-refractivity contribution >= 4 is 23.1 Å². The summed E-state index contributed by atoms with van der Waals surface area (Å²) in [6.45, 7) is 0. The summed E-state index contributed by atoms with van der Waals surface area (Å²) in [5, 5.41) is 1.60. The molecule has 0 fully saturated rings. The van der Waals surface area contributed by atoms with Crippen molar-refractivity contribution in [3.05, 3.63) is 16.6 Å². The zero-order valence-corrected chi connectivity index (χ0v) is 7.26. The van der Waals surface area contributed by atoms with Crippen LogP contribution in [0.1, 0.15) is 16.9 Å². The van der Waals surface area contributed by atoms with E-state index in [0.717, 1.165) is 0 Å². The van der Waals surface area contributed by atoms with Gasteiger partial charge in [-0.15, -0.1) is 11.3 Å². The Labute approximate surface area is 73.2 Å². The summed E-state index contributed by atoms with van der Waals surface area (Å²) in [7, 11) is 1.25. The molecular weight excluding hydrogens is 178 g/mol. The van der Waals surface area contributed by atoms with Gasteiger partial charge in [-0.2, -0.15) is 0 Å². The summed E-state index contributed by atoms with van der Waals surface area (Å²) < 4.78 is 4.33. The van der Waals surface area contributed by atoms with Gasteiger partial charge in [0.2, 0.25) is 0 Å². The maximum absolute atomic E-state index is 11.1. The minimum absolute atomic E-state index is 0.236. The molecule has 1 heterocycles. The van der Waals surface area contributed by atoms with Gasteiger partial charge in [-0.3, -0.25) is 9.59 Å². The number of carbonyl (C=O) groups excluding carboxylic acids is 2. The molecule has 5 heteroatoms. The number of hydrogen-bond donors (Lipinski definition) is 0. The number of aromatic nitrogens is 1. The molecule has 4 nitrogen and oxygen atoms in total. The van der Waals surface area contributed by atoms with Crippen LogP contribution in [-0.2, 0) is 9.53 Å². The first-order valence-electron chi connectivity index (χ1n) is 3.22. The first-order chi connectivity index (χ1) is 5.74. The fraction of sp³-hybridized carbons (Fsp3) is 0.286. The van der Waals surface area contributed by atoms with Crippen LogP contribution >= 0.6 is 11.3 Å². The lowest BCUT2D eigenvalue weighted by Gasteiger charge is -1.94. The van der Waals surface area contributed by atoms with Crippen LogP contribution in [0.15, 0.2) is 10.9 Å². The Morgan fingerprint density at radius 2 is 2.42 bits per heavy atom. The monoisotopic (exact) mass is 185 g/mol. The van der Waals surface area contributed by atoms with Crippen LogP contribution in [0.2, 0.25) is 0 Å². The molecule has 0 spiro atoms. The van der Waals surface area contributed by atoms with Gasteiger partial charge in [0.1, 0.15) is 12.1 Å². The number of methoxy groups -OCH3 is 1. The van der Waals surface area contributed by atoms with Crippen LogP contribution in [0, 0.1) is 0 Å². The molecule has 0 unspecified atom stereocenters. The van der Waals surface area contributed by atoms with Crippen LogP contribution in [0.4, 0.5) is 0 Å². The third kappa shape index (κ3) is 2.13. The Hall–Kier alpha value is -1.23. The number of thiazole rings is 1. The van der Waals surface area contributed by atoms with Crippen molar-refractivity contribution in [2.45, 2.75) is 6.42 Å². The highest BCUT2D eigenvalue weighted by Crippen LogP contribution is 2.04. The number of esters is 1. The third-order valence-corrected chi connectivity index (χ3v) is 1.84. The highest BCUT2D eigenvalue weighted by atomic mass is 32.1. The molecule has 0 aliphatic rings. The van der Waals surface area contributed by atoms with Gasteiger partial charge in [0.25, 0.3) is 0 Å². The minimum Gasteiger partial charge on any atom is -0.469 e. The maximum atomic E-state index is 11.1. The van der Waals surface area contributed by atoms with Crippen molar-refractivity contribution in [2.24, 2.45) is 0 Å². The second kappa shape index (κ2) is 3.96. The van der Waals surface area contributed by atoms with Crippen LogP contribution in [0.3, 0.4) is 0 Å². The third-order valence-electron chi connectivity index (χ3n) is 1.25. The number of carbonyl (C=O) groups is 2. The molecule has 12 heavy (non-hydrogen) atoms. The molecule has 1 aromatic heterocycles. The molecule has 0 aliphatic carbocycles. The molecule has 1 aromatic rings. The second-order valence-corrected chi connectivity index (χ2v) is 2.77. The summed E-state index contributed by atoms with van der Waals surface area (Å²) in [4.78, 5) is 25.5. The maximum Gasteiger partial charge on any atom is 0.313 e. The molecular formula is C7H7NO3S. The number of rotatable bonds is 3. The molecule has 0 bridgehead atoms. The molecule has 64 valence electrons. The van der Waals surface area contributed by atoms with Crippen molar-refractivity contribution in [1.82, 2.24) is 4.98 Å². The zero-order chi connectivity index (χ0) is 8.97. The zero-order valence-electron chi connectivity index (χ0n) is 6.44. The van der Waals surface area contributed by atoms with E-state index in [4.69, 9.17) is 0 Å². The van der Waals surface area contributed by atoms with Crippen molar-refractivity contribution in [1.29, 1.82) is 0 Å². The van der Waals surface area contributed by atoms with Gasteiger partial charge in [0.05, 0.1) is 12.6 Å². The van der Waals surface area contributed by atoms with E-state index in [-0.39, 0.29) is 12.2 Å². The van der Waals surface area contributed by atoms with Gasteiger partial charge >= 0.3 is 5.97 Å². The number of ketones is 1. The summed E-state index contributed by atoms with van der Waals surface area (Å²) in [6.07, 6.45) is -0.236. The summed E-state index contributed by atoms with van der Waals surface area (Å²) in [6, 6.07) is 0. The highest BCUT2D eigenvalue weighted by molar-refractivity contribution is 7.07. The summed E-state index contributed by atoms with van der Waals surface area (Å²) in [5.41, 5.74) is 1.87. The van der Waals surface area contributed by atoms with Crippen LogP contribution in [0.5, 0.6) is 0 Å². The molecule has 0 amide bonds. The van der Waals surface area contributed by atoms with Crippen molar-refractivity contribution in [3.63, 3.8) is 0 Å². The molecule has 0 aromatic carbocycles. The SMILES string of the molecule is COC(=O)CC(=O)c1cscn1. The van der Waals surface area contributed by atoms with Crippen molar-refractivity contribution in [3.8, 4) is 0 Å². The van der Waals surface area contributed by atoms with Crippen LogP contribution in [-0.4, -0.2) is 23.8 Å². The van der Waals surface area contributed by atoms with E-state index in [1.165, 1.54) is 18.4 Å². The molecule has 0 aliphatic heterocycles. The second-order valence-electron chi connectivity index (χ2n) is 2.05. The van der Waals surface area contributed by atoms with Gasteiger partial charge < -0.3 is 4.74 Å². The number of Topliss-reactive ketones (excluding diaryl/α,β-unsaturated/α-hetero) is 1. The lowest BCUT2D eigenvalue weighted by molar-refractivity contribution is -0.139. The average molecular weight is 185 g/mol. The Kier molecular flexibility index (Phi) is 2.93. The Morgan fingerprint density at radius 1 is 1.67 bits per heavy atom. The Balaban J connectivity index is 2.56. The molecule has 0 radical (unpaired) electrons. The minimum atomic E-state index is -0.534.